The molecule has 1 saturated heterocycles. The van der Waals surface area contributed by atoms with Gasteiger partial charge in [-0.15, -0.1) is 0 Å². The molecular weight excluding hydrogens is 282 g/mol. The monoisotopic (exact) mass is 300 g/mol. The number of guanidine groups is 1. The van der Waals surface area contributed by atoms with Gasteiger partial charge in [0.25, 0.3) is 6.43 Å². The lowest BCUT2D eigenvalue weighted by molar-refractivity contribution is 0.0674. The number of aromatic nitrogens is 1. The van der Waals surface area contributed by atoms with Crippen LogP contribution in [0.25, 0.3) is 0 Å². The predicted molar refractivity (Wildman–Crippen MR) is 73.5 cm³/mol. The first kappa shape index (κ1) is 15.4. The summed E-state index contributed by atoms with van der Waals surface area (Å²) in [4.78, 5) is 10.1. The maximum Gasteiger partial charge on any atom is 0.272 e. The third-order valence-corrected chi connectivity index (χ3v) is 2.98. The molecular formula is C13H18F2N4O2. The standard InChI is InChI=1S/C13H18F2N4O2/c14-12(15)9-21-11-8-17-2-1-10(11)7-18-13(16)19-3-5-20-6-4-19/h1-2,8,12H,3-7,9H2,(H2,16,18). The van der Waals surface area contributed by atoms with Crippen LogP contribution in [0.15, 0.2) is 23.5 Å². The van der Waals surface area contributed by atoms with Crippen LogP contribution in [0.2, 0.25) is 0 Å². The molecule has 0 aliphatic carbocycles. The molecule has 2 N–H and O–H groups in total. The fourth-order valence-electron chi connectivity index (χ4n) is 1.88. The first-order valence-electron chi connectivity index (χ1n) is 6.63. The molecule has 0 spiro atoms. The first-order chi connectivity index (χ1) is 10.2. The Kier molecular flexibility index (Phi) is 5.68. The Hall–Kier alpha value is -1.96. The van der Waals surface area contributed by atoms with Gasteiger partial charge in [0.2, 0.25) is 0 Å². The Morgan fingerprint density at radius 3 is 2.95 bits per heavy atom. The van der Waals surface area contributed by atoms with Crippen molar-refractivity contribution in [3.63, 3.8) is 0 Å². The van der Waals surface area contributed by atoms with Gasteiger partial charge < -0.3 is 20.1 Å². The summed E-state index contributed by atoms with van der Waals surface area (Å²) in [6, 6.07) is 1.68. The second-order valence-corrected chi connectivity index (χ2v) is 4.46. The Morgan fingerprint density at radius 2 is 2.24 bits per heavy atom. The topological polar surface area (TPSA) is 73.0 Å². The van der Waals surface area contributed by atoms with Crippen molar-refractivity contribution in [3.05, 3.63) is 24.0 Å². The Morgan fingerprint density at radius 1 is 1.48 bits per heavy atom. The molecule has 8 heteroatoms. The van der Waals surface area contributed by atoms with Crippen molar-refractivity contribution in [1.82, 2.24) is 9.88 Å². The molecule has 0 aromatic carbocycles. The van der Waals surface area contributed by atoms with Gasteiger partial charge in [-0.25, -0.2) is 13.8 Å². The van der Waals surface area contributed by atoms with E-state index in [-0.39, 0.29) is 6.54 Å². The molecule has 21 heavy (non-hydrogen) atoms. The zero-order chi connectivity index (χ0) is 15.1. The van der Waals surface area contributed by atoms with Gasteiger partial charge in [0.15, 0.2) is 5.96 Å². The average Bonchev–Trinajstić information content (AvgIpc) is 2.52. The van der Waals surface area contributed by atoms with Gasteiger partial charge in [-0.05, 0) is 6.07 Å². The van der Waals surface area contributed by atoms with Crippen molar-refractivity contribution >= 4 is 5.96 Å². The van der Waals surface area contributed by atoms with Crippen molar-refractivity contribution in [2.75, 3.05) is 32.9 Å². The number of alkyl halides is 2. The largest absolute Gasteiger partial charge is 0.486 e. The van der Waals surface area contributed by atoms with Crippen LogP contribution in [0.3, 0.4) is 0 Å². The van der Waals surface area contributed by atoms with E-state index in [0.29, 0.717) is 43.6 Å². The van der Waals surface area contributed by atoms with Crippen molar-refractivity contribution in [3.8, 4) is 5.75 Å². The number of hydrogen-bond acceptors (Lipinski definition) is 4. The SMILES string of the molecule is NC(=NCc1ccncc1OCC(F)F)N1CCOCC1. The highest BCUT2D eigenvalue weighted by Gasteiger charge is 2.13. The number of morpholine rings is 1. The van der Waals surface area contributed by atoms with E-state index in [0.717, 1.165) is 0 Å². The summed E-state index contributed by atoms with van der Waals surface area (Å²) in [7, 11) is 0. The number of nitrogens with two attached hydrogens (primary N) is 1. The molecule has 2 heterocycles. The molecule has 1 aromatic rings. The number of ether oxygens (including phenoxy) is 2. The lowest BCUT2D eigenvalue weighted by atomic mass is 10.2. The Balaban J connectivity index is 1.98. The minimum absolute atomic E-state index is 0.254. The quantitative estimate of drug-likeness (QED) is 0.645. The average molecular weight is 300 g/mol. The minimum Gasteiger partial charge on any atom is -0.486 e. The van der Waals surface area contributed by atoms with Gasteiger partial charge in [-0.2, -0.15) is 0 Å². The molecule has 0 amide bonds. The van der Waals surface area contributed by atoms with Crippen molar-refractivity contribution in [2.24, 2.45) is 10.7 Å². The molecule has 0 radical (unpaired) electrons. The van der Waals surface area contributed by atoms with Crippen molar-refractivity contribution < 1.29 is 18.3 Å². The Labute approximate surface area is 121 Å². The number of hydrogen-bond donors (Lipinski definition) is 1. The van der Waals surface area contributed by atoms with E-state index in [2.05, 4.69) is 9.98 Å². The molecule has 2 rings (SSSR count). The van der Waals surface area contributed by atoms with Gasteiger partial charge in [0.05, 0.1) is 26.0 Å². The van der Waals surface area contributed by atoms with Gasteiger partial charge in [-0.1, -0.05) is 0 Å². The maximum atomic E-state index is 12.2. The van der Waals surface area contributed by atoms with Crippen molar-refractivity contribution in [2.45, 2.75) is 13.0 Å². The van der Waals surface area contributed by atoms with Crippen molar-refractivity contribution in [1.29, 1.82) is 0 Å². The third kappa shape index (κ3) is 4.82. The molecule has 0 saturated carbocycles. The smallest absolute Gasteiger partial charge is 0.272 e. The summed E-state index contributed by atoms with van der Waals surface area (Å²) in [6.07, 6.45) is 0.434. The predicted octanol–water partition coefficient (Wildman–Crippen LogP) is 0.872. The van der Waals surface area contributed by atoms with Gasteiger partial charge in [-0.3, -0.25) is 4.98 Å². The lowest BCUT2D eigenvalue weighted by Gasteiger charge is -2.27. The van der Waals surface area contributed by atoms with Crippen LogP contribution < -0.4 is 10.5 Å². The third-order valence-electron chi connectivity index (χ3n) is 2.98. The molecule has 1 aliphatic rings. The van der Waals surface area contributed by atoms with E-state index in [1.807, 2.05) is 4.90 Å². The molecule has 1 aliphatic heterocycles. The highest BCUT2D eigenvalue weighted by molar-refractivity contribution is 5.78. The second-order valence-electron chi connectivity index (χ2n) is 4.46. The fraction of sp³-hybridized carbons (Fsp3) is 0.538. The summed E-state index contributed by atoms with van der Waals surface area (Å²) < 4.78 is 34.6. The minimum atomic E-state index is -2.53. The fourth-order valence-corrected chi connectivity index (χ4v) is 1.88. The normalized spacial score (nSPS) is 16.3. The first-order valence-corrected chi connectivity index (χ1v) is 6.63. The summed E-state index contributed by atoms with van der Waals surface area (Å²) in [5, 5.41) is 0. The van der Waals surface area contributed by atoms with E-state index in [1.54, 1.807) is 12.3 Å². The summed E-state index contributed by atoms with van der Waals surface area (Å²) >= 11 is 0. The van der Waals surface area contributed by atoms with Crippen LogP contribution in [-0.2, 0) is 11.3 Å². The molecule has 0 atom stereocenters. The summed E-state index contributed by atoms with van der Waals surface area (Å²) in [5.74, 6) is 0.714. The van der Waals surface area contributed by atoms with Crippen LogP contribution in [0.1, 0.15) is 5.56 Å². The number of nitrogens with zero attached hydrogens (tertiary/aromatic N) is 3. The van der Waals surface area contributed by atoms with Gasteiger partial charge in [0.1, 0.15) is 12.4 Å². The van der Waals surface area contributed by atoms with Crippen LogP contribution in [0.4, 0.5) is 8.78 Å². The molecule has 1 aromatic heterocycles. The number of pyridine rings is 1. The van der Waals surface area contributed by atoms with Gasteiger partial charge in [0, 0.05) is 24.8 Å². The number of halogens is 2. The van der Waals surface area contributed by atoms with E-state index in [4.69, 9.17) is 15.2 Å². The lowest BCUT2D eigenvalue weighted by Crippen LogP contribution is -2.44. The second kappa shape index (κ2) is 7.72. The molecule has 0 bridgehead atoms. The highest BCUT2D eigenvalue weighted by atomic mass is 19.3. The molecule has 1 fully saturated rings. The summed E-state index contributed by atoms with van der Waals surface area (Å²) in [6.45, 7) is 2.22. The van der Waals surface area contributed by atoms with Gasteiger partial charge >= 0.3 is 0 Å². The summed E-state index contributed by atoms with van der Waals surface area (Å²) in [5.41, 5.74) is 6.58. The molecule has 6 nitrogen and oxygen atoms in total. The maximum absolute atomic E-state index is 12.2. The van der Waals surface area contributed by atoms with Crippen LogP contribution in [-0.4, -0.2) is 55.2 Å². The van der Waals surface area contributed by atoms with Crippen LogP contribution >= 0.6 is 0 Å². The molecule has 116 valence electrons. The zero-order valence-corrected chi connectivity index (χ0v) is 11.5. The highest BCUT2D eigenvalue weighted by Crippen LogP contribution is 2.18. The van der Waals surface area contributed by atoms with Crippen LogP contribution in [0.5, 0.6) is 5.75 Å². The number of aliphatic imine (C=N–C) groups is 1. The van der Waals surface area contributed by atoms with E-state index < -0.39 is 13.0 Å². The zero-order valence-electron chi connectivity index (χ0n) is 11.5. The van der Waals surface area contributed by atoms with E-state index in [1.165, 1.54) is 6.20 Å². The van der Waals surface area contributed by atoms with Crippen LogP contribution in [0, 0.1) is 0 Å². The van der Waals surface area contributed by atoms with E-state index in [9.17, 15) is 8.78 Å². The molecule has 0 unspecified atom stereocenters. The van der Waals surface area contributed by atoms with E-state index >= 15 is 0 Å². The number of rotatable bonds is 5. The Bertz CT molecular complexity index is 479.